The lowest BCUT2D eigenvalue weighted by molar-refractivity contribution is 0.169. The summed E-state index contributed by atoms with van der Waals surface area (Å²) in [6, 6.07) is 2.40. The smallest absolute Gasteiger partial charge is 0.115 e. The van der Waals surface area contributed by atoms with Crippen molar-refractivity contribution in [1.82, 2.24) is 15.3 Å². The van der Waals surface area contributed by atoms with Gasteiger partial charge in [-0.15, -0.1) is 0 Å². The van der Waals surface area contributed by atoms with Crippen molar-refractivity contribution in [3.05, 3.63) is 23.8 Å². The van der Waals surface area contributed by atoms with Crippen LogP contribution in [0.5, 0.6) is 0 Å². The Balaban J connectivity index is 2.60. The summed E-state index contributed by atoms with van der Waals surface area (Å²) in [7, 11) is 3.66. The molecule has 0 fully saturated rings. The van der Waals surface area contributed by atoms with E-state index in [9.17, 15) is 0 Å². The van der Waals surface area contributed by atoms with E-state index in [1.165, 1.54) is 0 Å². The van der Waals surface area contributed by atoms with E-state index in [4.69, 9.17) is 4.74 Å². The average Bonchev–Trinajstić information content (AvgIpc) is 2.29. The van der Waals surface area contributed by atoms with E-state index in [0.717, 1.165) is 30.7 Å². The Morgan fingerprint density at radius 2 is 2.12 bits per heavy atom. The molecule has 1 atom stereocenters. The largest absolute Gasteiger partial charge is 0.383 e. The molecule has 0 spiro atoms. The molecule has 1 unspecified atom stereocenters. The van der Waals surface area contributed by atoms with Gasteiger partial charge < -0.3 is 10.1 Å². The minimum Gasteiger partial charge on any atom is -0.383 e. The van der Waals surface area contributed by atoms with Crippen molar-refractivity contribution in [3.8, 4) is 0 Å². The van der Waals surface area contributed by atoms with Crippen LogP contribution in [0.25, 0.3) is 0 Å². The first-order valence-corrected chi connectivity index (χ1v) is 5.76. The number of hydrogen-bond donors (Lipinski definition) is 1. The first-order chi connectivity index (χ1) is 7.80. The Morgan fingerprint density at radius 1 is 1.38 bits per heavy atom. The van der Waals surface area contributed by atoms with Crippen LogP contribution < -0.4 is 5.32 Å². The van der Waals surface area contributed by atoms with Crippen molar-refractivity contribution in [2.45, 2.75) is 32.2 Å². The van der Waals surface area contributed by atoms with Gasteiger partial charge in [0, 0.05) is 31.0 Å². The molecule has 0 aromatic carbocycles. The summed E-state index contributed by atoms with van der Waals surface area (Å²) in [6.07, 6.45) is 4.66. The maximum Gasteiger partial charge on any atom is 0.115 e. The van der Waals surface area contributed by atoms with E-state index in [1.807, 2.05) is 7.05 Å². The van der Waals surface area contributed by atoms with E-state index in [-0.39, 0.29) is 0 Å². The van der Waals surface area contributed by atoms with Crippen LogP contribution in [-0.4, -0.2) is 36.8 Å². The molecule has 1 aromatic rings. The van der Waals surface area contributed by atoms with Gasteiger partial charge in [-0.25, -0.2) is 9.97 Å². The third kappa shape index (κ3) is 4.24. The van der Waals surface area contributed by atoms with Crippen LogP contribution in [0.4, 0.5) is 0 Å². The molecular formula is C12H21N3O. The zero-order chi connectivity index (χ0) is 11.8. The van der Waals surface area contributed by atoms with Crippen molar-refractivity contribution >= 4 is 0 Å². The predicted molar refractivity (Wildman–Crippen MR) is 64.5 cm³/mol. The number of aryl methyl sites for hydroxylation is 1. The van der Waals surface area contributed by atoms with Gasteiger partial charge in [-0.3, -0.25) is 0 Å². The SMILES string of the molecule is CCCc1cc(CC(COC)NC)ncn1. The summed E-state index contributed by atoms with van der Waals surface area (Å²) in [5, 5.41) is 3.22. The quantitative estimate of drug-likeness (QED) is 0.754. The molecule has 1 heterocycles. The van der Waals surface area contributed by atoms with Crippen LogP contribution in [0.2, 0.25) is 0 Å². The summed E-state index contributed by atoms with van der Waals surface area (Å²) in [5.41, 5.74) is 2.20. The second-order valence-corrected chi connectivity index (χ2v) is 3.90. The van der Waals surface area contributed by atoms with Gasteiger partial charge >= 0.3 is 0 Å². The van der Waals surface area contributed by atoms with E-state index in [0.29, 0.717) is 12.6 Å². The van der Waals surface area contributed by atoms with Crippen molar-refractivity contribution in [1.29, 1.82) is 0 Å². The molecule has 0 saturated heterocycles. The predicted octanol–water partition coefficient (Wildman–Crippen LogP) is 1.21. The normalized spacial score (nSPS) is 12.7. The number of hydrogen-bond acceptors (Lipinski definition) is 4. The Kier molecular flexibility index (Phi) is 5.96. The first-order valence-electron chi connectivity index (χ1n) is 5.76. The van der Waals surface area contributed by atoms with Crippen LogP contribution in [0, 0.1) is 0 Å². The fourth-order valence-corrected chi connectivity index (χ4v) is 1.65. The van der Waals surface area contributed by atoms with Gasteiger partial charge in [0.1, 0.15) is 6.33 Å². The third-order valence-electron chi connectivity index (χ3n) is 2.52. The molecule has 4 heteroatoms. The highest BCUT2D eigenvalue weighted by Gasteiger charge is 2.08. The molecule has 0 bridgehead atoms. The molecule has 4 nitrogen and oxygen atoms in total. The number of methoxy groups -OCH3 is 1. The van der Waals surface area contributed by atoms with Crippen molar-refractivity contribution in [2.75, 3.05) is 20.8 Å². The number of ether oxygens (including phenoxy) is 1. The van der Waals surface area contributed by atoms with Crippen molar-refractivity contribution < 1.29 is 4.74 Å². The number of aromatic nitrogens is 2. The lowest BCUT2D eigenvalue weighted by atomic mass is 10.1. The Labute approximate surface area is 97.5 Å². The minimum absolute atomic E-state index is 0.314. The molecule has 0 amide bonds. The monoisotopic (exact) mass is 223 g/mol. The highest BCUT2D eigenvalue weighted by atomic mass is 16.5. The fraction of sp³-hybridized carbons (Fsp3) is 0.667. The van der Waals surface area contributed by atoms with E-state index < -0.39 is 0 Å². The van der Waals surface area contributed by atoms with Crippen molar-refractivity contribution in [2.24, 2.45) is 0 Å². The summed E-state index contributed by atoms with van der Waals surface area (Å²) in [6.45, 7) is 2.85. The maximum absolute atomic E-state index is 5.14. The molecule has 0 radical (unpaired) electrons. The molecule has 0 aliphatic rings. The van der Waals surface area contributed by atoms with Gasteiger partial charge in [0.25, 0.3) is 0 Å². The molecule has 1 rings (SSSR count). The molecule has 1 N–H and O–H groups in total. The lowest BCUT2D eigenvalue weighted by Gasteiger charge is -2.14. The maximum atomic E-state index is 5.14. The fourth-order valence-electron chi connectivity index (χ4n) is 1.65. The van der Waals surface area contributed by atoms with Crippen LogP contribution >= 0.6 is 0 Å². The van der Waals surface area contributed by atoms with Gasteiger partial charge in [0.15, 0.2) is 0 Å². The number of nitrogens with one attached hydrogen (secondary N) is 1. The average molecular weight is 223 g/mol. The summed E-state index contributed by atoms with van der Waals surface area (Å²) in [4.78, 5) is 8.53. The summed E-state index contributed by atoms with van der Waals surface area (Å²) < 4.78 is 5.14. The van der Waals surface area contributed by atoms with Gasteiger partial charge in [-0.05, 0) is 19.5 Å². The molecular weight excluding hydrogens is 202 g/mol. The number of nitrogens with zero attached hydrogens (tertiary/aromatic N) is 2. The zero-order valence-electron chi connectivity index (χ0n) is 10.4. The lowest BCUT2D eigenvalue weighted by Crippen LogP contribution is -2.32. The van der Waals surface area contributed by atoms with Gasteiger partial charge in [-0.2, -0.15) is 0 Å². The second kappa shape index (κ2) is 7.30. The highest BCUT2D eigenvalue weighted by molar-refractivity contribution is 5.09. The Morgan fingerprint density at radius 3 is 2.75 bits per heavy atom. The van der Waals surface area contributed by atoms with E-state index in [2.05, 4.69) is 28.3 Å². The molecule has 0 aliphatic carbocycles. The first kappa shape index (κ1) is 13.1. The Hall–Kier alpha value is -1.00. The van der Waals surface area contributed by atoms with Gasteiger partial charge in [0.2, 0.25) is 0 Å². The van der Waals surface area contributed by atoms with Gasteiger partial charge in [0.05, 0.1) is 6.61 Å². The Bertz CT molecular complexity index is 304. The van der Waals surface area contributed by atoms with Gasteiger partial charge in [-0.1, -0.05) is 13.3 Å². The minimum atomic E-state index is 0.314. The number of likely N-dealkylation sites (N-methyl/N-ethyl adjacent to an activating group) is 1. The molecule has 90 valence electrons. The standard InChI is InChI=1S/C12H21N3O/c1-4-5-10-6-11(15-9-14-10)7-12(13-2)8-16-3/h6,9,12-13H,4-5,7-8H2,1-3H3. The molecule has 1 aromatic heterocycles. The van der Waals surface area contributed by atoms with E-state index in [1.54, 1.807) is 13.4 Å². The summed E-state index contributed by atoms with van der Waals surface area (Å²) in [5.74, 6) is 0. The number of rotatable bonds is 7. The topological polar surface area (TPSA) is 47.0 Å². The molecule has 16 heavy (non-hydrogen) atoms. The van der Waals surface area contributed by atoms with Crippen LogP contribution in [0.15, 0.2) is 12.4 Å². The third-order valence-corrected chi connectivity index (χ3v) is 2.52. The van der Waals surface area contributed by atoms with E-state index >= 15 is 0 Å². The molecule has 0 saturated carbocycles. The summed E-state index contributed by atoms with van der Waals surface area (Å²) >= 11 is 0. The van der Waals surface area contributed by atoms with Crippen LogP contribution in [0.1, 0.15) is 24.7 Å². The second-order valence-electron chi connectivity index (χ2n) is 3.90. The van der Waals surface area contributed by atoms with Crippen molar-refractivity contribution in [3.63, 3.8) is 0 Å². The van der Waals surface area contributed by atoms with Crippen LogP contribution in [0.3, 0.4) is 0 Å². The molecule has 0 aliphatic heterocycles. The zero-order valence-corrected chi connectivity index (χ0v) is 10.4. The van der Waals surface area contributed by atoms with Crippen LogP contribution in [-0.2, 0) is 17.6 Å². The highest BCUT2D eigenvalue weighted by Crippen LogP contribution is 2.04.